The molecule has 3 fully saturated rings. The monoisotopic (exact) mass is 519 g/mol. The standard InChI is InChI=1S/C29H41N7O2/c1-19(20-11-15-30-16-12-20)34-28(38)23-7-3-8-24(17-23)35-29-33-18-25(21-9-10-21)26(36-29)31-13-4-14-32-27(37)22-5-2-6-22/h3,7-8,17-22,30H,2,4-6,9-16H2,1H3,(H,32,37)(H,34,38)(H2,31,33,35,36). The van der Waals surface area contributed by atoms with Crippen molar-refractivity contribution in [3.05, 3.63) is 41.6 Å². The highest BCUT2D eigenvalue weighted by Gasteiger charge is 2.28. The molecular weight excluding hydrogens is 478 g/mol. The van der Waals surface area contributed by atoms with E-state index in [-0.39, 0.29) is 23.8 Å². The smallest absolute Gasteiger partial charge is 0.251 e. The number of nitrogens with zero attached hydrogens (tertiary/aromatic N) is 2. The van der Waals surface area contributed by atoms with E-state index in [9.17, 15) is 9.59 Å². The third-order valence-corrected chi connectivity index (χ3v) is 8.09. The average Bonchev–Trinajstić information content (AvgIpc) is 3.74. The topological polar surface area (TPSA) is 120 Å². The van der Waals surface area contributed by atoms with Crippen molar-refractivity contribution in [2.24, 2.45) is 11.8 Å². The fourth-order valence-corrected chi connectivity index (χ4v) is 5.23. The first-order chi connectivity index (χ1) is 18.6. The Morgan fingerprint density at radius 3 is 2.63 bits per heavy atom. The number of carbonyl (C=O) groups excluding carboxylic acids is 2. The predicted molar refractivity (Wildman–Crippen MR) is 150 cm³/mol. The van der Waals surface area contributed by atoms with E-state index in [1.807, 2.05) is 30.5 Å². The number of benzene rings is 1. The molecule has 0 spiro atoms. The van der Waals surface area contributed by atoms with E-state index in [1.54, 1.807) is 0 Å². The van der Waals surface area contributed by atoms with Gasteiger partial charge in [0, 0.05) is 48.1 Å². The molecule has 2 aliphatic carbocycles. The van der Waals surface area contributed by atoms with Crippen LogP contribution in [0.25, 0.3) is 0 Å². The molecular formula is C29H41N7O2. The van der Waals surface area contributed by atoms with Gasteiger partial charge in [0.15, 0.2) is 0 Å². The van der Waals surface area contributed by atoms with Crippen LogP contribution < -0.4 is 26.6 Å². The van der Waals surface area contributed by atoms with Crippen molar-refractivity contribution >= 4 is 29.3 Å². The Balaban J connectivity index is 1.16. The number of aromatic nitrogens is 2. The molecule has 3 aliphatic rings. The van der Waals surface area contributed by atoms with Crippen LogP contribution in [0.1, 0.15) is 80.1 Å². The summed E-state index contributed by atoms with van der Waals surface area (Å²) in [6.45, 7) is 5.52. The summed E-state index contributed by atoms with van der Waals surface area (Å²) in [5.74, 6) is 2.72. The van der Waals surface area contributed by atoms with Crippen LogP contribution >= 0.6 is 0 Å². The lowest BCUT2D eigenvalue weighted by Crippen LogP contribution is -2.42. The van der Waals surface area contributed by atoms with Gasteiger partial charge < -0.3 is 26.6 Å². The maximum absolute atomic E-state index is 12.9. The highest BCUT2D eigenvalue weighted by Crippen LogP contribution is 2.42. The van der Waals surface area contributed by atoms with Crippen molar-refractivity contribution in [2.75, 3.05) is 36.8 Å². The van der Waals surface area contributed by atoms with E-state index in [4.69, 9.17) is 4.98 Å². The van der Waals surface area contributed by atoms with E-state index in [2.05, 4.69) is 38.5 Å². The first-order valence-electron chi connectivity index (χ1n) is 14.3. The van der Waals surface area contributed by atoms with Gasteiger partial charge in [0.1, 0.15) is 5.82 Å². The van der Waals surface area contributed by atoms with Gasteiger partial charge in [-0.2, -0.15) is 4.98 Å². The Hall–Kier alpha value is -3.20. The minimum atomic E-state index is -0.0589. The van der Waals surface area contributed by atoms with E-state index in [0.717, 1.165) is 81.6 Å². The number of amides is 2. The van der Waals surface area contributed by atoms with E-state index in [0.29, 0.717) is 29.9 Å². The van der Waals surface area contributed by atoms with Crippen LogP contribution in [0.2, 0.25) is 0 Å². The molecule has 5 N–H and O–H groups in total. The minimum Gasteiger partial charge on any atom is -0.370 e. The fraction of sp³-hybridized carbons (Fsp3) is 0.586. The lowest BCUT2D eigenvalue weighted by atomic mass is 9.85. The Kier molecular flexibility index (Phi) is 8.73. The van der Waals surface area contributed by atoms with Crippen molar-refractivity contribution in [2.45, 2.75) is 70.3 Å². The lowest BCUT2D eigenvalue weighted by Gasteiger charge is -2.28. The van der Waals surface area contributed by atoms with Crippen LogP contribution in [0.15, 0.2) is 30.5 Å². The molecule has 1 aromatic heterocycles. The first-order valence-corrected chi connectivity index (χ1v) is 14.3. The summed E-state index contributed by atoms with van der Waals surface area (Å²) in [4.78, 5) is 34.3. The third kappa shape index (κ3) is 7.01. The number of piperidine rings is 1. The largest absolute Gasteiger partial charge is 0.370 e. The number of hydrogen-bond donors (Lipinski definition) is 5. The first kappa shape index (κ1) is 26.4. The van der Waals surface area contributed by atoms with E-state index < -0.39 is 0 Å². The van der Waals surface area contributed by atoms with Crippen LogP contribution in [0.4, 0.5) is 17.5 Å². The fourth-order valence-electron chi connectivity index (χ4n) is 5.23. The Morgan fingerprint density at radius 2 is 1.89 bits per heavy atom. The zero-order chi connectivity index (χ0) is 26.3. The molecule has 1 saturated heterocycles. The maximum Gasteiger partial charge on any atom is 0.251 e. The van der Waals surface area contributed by atoms with E-state index >= 15 is 0 Å². The minimum absolute atomic E-state index is 0.0589. The Bertz CT molecular complexity index is 1110. The molecule has 1 atom stereocenters. The quantitative estimate of drug-likeness (QED) is 0.270. The molecule has 2 heterocycles. The summed E-state index contributed by atoms with van der Waals surface area (Å²) in [7, 11) is 0. The van der Waals surface area contributed by atoms with Crippen LogP contribution in [0.5, 0.6) is 0 Å². The predicted octanol–water partition coefficient (Wildman–Crippen LogP) is 3.93. The molecule has 2 amide bonds. The Morgan fingerprint density at radius 1 is 1.08 bits per heavy atom. The SMILES string of the molecule is CC(NC(=O)c1cccc(Nc2ncc(C3CC3)c(NCCCNC(=O)C3CCC3)n2)c1)C1CCNCC1. The number of hydrogen-bond acceptors (Lipinski definition) is 7. The second-order valence-corrected chi connectivity index (χ2v) is 11.0. The van der Waals surface area contributed by atoms with Crippen molar-refractivity contribution in [1.29, 1.82) is 0 Å². The second kappa shape index (κ2) is 12.6. The summed E-state index contributed by atoms with van der Waals surface area (Å²) in [6.07, 6.45) is 10.5. The molecule has 1 aromatic carbocycles. The summed E-state index contributed by atoms with van der Waals surface area (Å²) < 4.78 is 0. The molecule has 1 unspecified atom stereocenters. The van der Waals surface area contributed by atoms with Crippen molar-refractivity contribution in [1.82, 2.24) is 25.9 Å². The Labute approximate surface area is 225 Å². The highest BCUT2D eigenvalue weighted by molar-refractivity contribution is 5.95. The summed E-state index contributed by atoms with van der Waals surface area (Å²) in [6, 6.07) is 7.62. The highest BCUT2D eigenvalue weighted by atomic mass is 16.2. The van der Waals surface area contributed by atoms with Gasteiger partial charge in [-0.1, -0.05) is 12.5 Å². The molecule has 0 bridgehead atoms. The third-order valence-electron chi connectivity index (χ3n) is 8.09. The van der Waals surface area contributed by atoms with Gasteiger partial charge in [-0.15, -0.1) is 0 Å². The van der Waals surface area contributed by atoms with Crippen molar-refractivity contribution < 1.29 is 9.59 Å². The van der Waals surface area contributed by atoms with Gasteiger partial charge in [0.2, 0.25) is 11.9 Å². The lowest BCUT2D eigenvalue weighted by molar-refractivity contribution is -0.127. The molecule has 5 rings (SSSR count). The van der Waals surface area contributed by atoms with Crippen LogP contribution in [-0.2, 0) is 4.79 Å². The summed E-state index contributed by atoms with van der Waals surface area (Å²) >= 11 is 0. The molecule has 0 radical (unpaired) electrons. The zero-order valence-electron chi connectivity index (χ0n) is 22.4. The zero-order valence-corrected chi connectivity index (χ0v) is 22.4. The van der Waals surface area contributed by atoms with Gasteiger partial charge in [0.05, 0.1) is 0 Å². The number of anilines is 3. The van der Waals surface area contributed by atoms with Gasteiger partial charge >= 0.3 is 0 Å². The van der Waals surface area contributed by atoms with Gasteiger partial charge in [-0.05, 0) is 95.0 Å². The van der Waals surface area contributed by atoms with Crippen molar-refractivity contribution in [3.63, 3.8) is 0 Å². The van der Waals surface area contributed by atoms with Crippen LogP contribution in [0.3, 0.4) is 0 Å². The average molecular weight is 520 g/mol. The molecule has 38 heavy (non-hydrogen) atoms. The normalized spacial score (nSPS) is 18.8. The van der Waals surface area contributed by atoms with Crippen LogP contribution in [-0.4, -0.2) is 54.0 Å². The van der Waals surface area contributed by atoms with Crippen LogP contribution in [0, 0.1) is 11.8 Å². The molecule has 9 nitrogen and oxygen atoms in total. The second-order valence-electron chi connectivity index (χ2n) is 11.0. The maximum atomic E-state index is 12.9. The number of nitrogens with one attached hydrogen (secondary N) is 5. The number of rotatable bonds is 12. The van der Waals surface area contributed by atoms with Gasteiger partial charge in [-0.3, -0.25) is 9.59 Å². The molecule has 204 valence electrons. The van der Waals surface area contributed by atoms with E-state index in [1.165, 1.54) is 6.42 Å². The molecule has 1 aliphatic heterocycles. The molecule has 2 saturated carbocycles. The summed E-state index contributed by atoms with van der Waals surface area (Å²) in [5.41, 5.74) is 2.54. The summed E-state index contributed by atoms with van der Waals surface area (Å²) in [5, 5.41) is 16.4. The van der Waals surface area contributed by atoms with Gasteiger partial charge in [0.25, 0.3) is 5.91 Å². The number of carbonyl (C=O) groups is 2. The van der Waals surface area contributed by atoms with Gasteiger partial charge in [-0.25, -0.2) is 4.98 Å². The molecule has 2 aromatic rings. The van der Waals surface area contributed by atoms with Crippen molar-refractivity contribution in [3.8, 4) is 0 Å². The molecule has 9 heteroatoms.